The number of carbonyl (C=O) groups excluding carboxylic acids is 1. The second kappa shape index (κ2) is 7.09. The molecule has 0 bridgehead atoms. The quantitative estimate of drug-likeness (QED) is 0.659. The number of benzene rings is 2. The van der Waals surface area contributed by atoms with Gasteiger partial charge in [0, 0.05) is 29.6 Å². The molecule has 2 aliphatic rings. The van der Waals surface area contributed by atoms with Crippen LogP contribution < -0.4 is 14.8 Å². The molecule has 2 aliphatic heterocycles. The Morgan fingerprint density at radius 3 is 2.50 bits per heavy atom. The number of H-pyrrole nitrogens is 1. The Labute approximate surface area is 151 Å². The van der Waals surface area contributed by atoms with E-state index in [2.05, 4.69) is 22.4 Å². The van der Waals surface area contributed by atoms with Crippen molar-refractivity contribution in [3.05, 3.63) is 59.8 Å². The lowest BCUT2D eigenvalue weighted by Gasteiger charge is -2.21. The van der Waals surface area contributed by atoms with Crippen LogP contribution in [0.15, 0.2) is 48.5 Å². The fourth-order valence-electron chi connectivity index (χ4n) is 3.30. The summed E-state index contributed by atoms with van der Waals surface area (Å²) in [5.41, 5.74) is 3.53. The van der Waals surface area contributed by atoms with E-state index in [9.17, 15) is 4.79 Å². The Bertz CT molecular complexity index is 911. The minimum Gasteiger partial charge on any atom is -0.468 e. The minimum absolute atomic E-state index is 0.194. The molecule has 3 aromatic rings. The standard InChI is InChI=1S/C13H14N2O2.C7H6O2/c1-17-13(16)11-6-9-8-4-2-3-5-10(8)15-12(9)7-14-11;1-2-4-7-6(3-1)8-5-9-7/h2-5,11,14-15H,6-7H2,1H3;1-4H,5H2/t11-;/m0./s1. The molecule has 1 atom stereocenters. The van der Waals surface area contributed by atoms with Crippen molar-refractivity contribution in [2.45, 2.75) is 19.0 Å². The number of nitrogens with one attached hydrogen (secondary N) is 2. The molecule has 2 aromatic carbocycles. The van der Waals surface area contributed by atoms with Gasteiger partial charge >= 0.3 is 5.97 Å². The Morgan fingerprint density at radius 1 is 1.08 bits per heavy atom. The van der Waals surface area contributed by atoms with Gasteiger partial charge in [-0.15, -0.1) is 0 Å². The van der Waals surface area contributed by atoms with Crippen LogP contribution in [-0.2, 0) is 22.5 Å². The Balaban J connectivity index is 0.000000157. The van der Waals surface area contributed by atoms with Gasteiger partial charge in [-0.1, -0.05) is 30.3 Å². The van der Waals surface area contributed by atoms with Gasteiger partial charge in [0.2, 0.25) is 6.79 Å². The number of rotatable bonds is 1. The fourth-order valence-corrected chi connectivity index (χ4v) is 3.30. The number of esters is 1. The first-order valence-electron chi connectivity index (χ1n) is 8.50. The number of aromatic amines is 1. The highest BCUT2D eigenvalue weighted by Gasteiger charge is 2.27. The van der Waals surface area contributed by atoms with Crippen molar-refractivity contribution in [1.29, 1.82) is 0 Å². The highest BCUT2D eigenvalue weighted by molar-refractivity contribution is 5.86. The predicted molar refractivity (Wildman–Crippen MR) is 97.2 cm³/mol. The maximum Gasteiger partial charge on any atom is 0.323 e. The van der Waals surface area contributed by atoms with E-state index in [1.165, 1.54) is 23.8 Å². The molecule has 5 rings (SSSR count). The van der Waals surface area contributed by atoms with Gasteiger partial charge in [0.1, 0.15) is 6.04 Å². The number of aromatic nitrogens is 1. The summed E-state index contributed by atoms with van der Waals surface area (Å²) in [6.45, 7) is 1.04. The molecule has 2 N–H and O–H groups in total. The summed E-state index contributed by atoms with van der Waals surface area (Å²) >= 11 is 0. The lowest BCUT2D eigenvalue weighted by atomic mass is 9.99. The third-order valence-corrected chi connectivity index (χ3v) is 4.60. The van der Waals surface area contributed by atoms with Crippen LogP contribution in [0.1, 0.15) is 11.3 Å². The van der Waals surface area contributed by atoms with Crippen LogP contribution in [0.4, 0.5) is 0 Å². The van der Waals surface area contributed by atoms with E-state index in [0.29, 0.717) is 19.8 Å². The SMILES string of the molecule is COC(=O)[C@@H]1Cc2c([nH]c3ccccc23)CN1.c1ccc2c(c1)OCO2. The van der Waals surface area contributed by atoms with Gasteiger partial charge in [-0.25, -0.2) is 0 Å². The van der Waals surface area contributed by atoms with Crippen LogP contribution in [0, 0.1) is 0 Å². The molecule has 0 spiro atoms. The summed E-state index contributed by atoms with van der Waals surface area (Å²) in [6, 6.07) is 15.6. The second-order valence-corrected chi connectivity index (χ2v) is 6.14. The molecule has 26 heavy (non-hydrogen) atoms. The van der Waals surface area contributed by atoms with E-state index < -0.39 is 0 Å². The molecule has 0 saturated heterocycles. The number of para-hydroxylation sites is 3. The van der Waals surface area contributed by atoms with Gasteiger partial charge in [-0.2, -0.15) is 0 Å². The zero-order valence-electron chi connectivity index (χ0n) is 14.5. The summed E-state index contributed by atoms with van der Waals surface area (Å²) in [5, 5.41) is 4.39. The van der Waals surface area contributed by atoms with E-state index >= 15 is 0 Å². The first kappa shape index (κ1) is 16.5. The normalized spacial score (nSPS) is 17.2. The molecule has 0 unspecified atom stereocenters. The van der Waals surface area contributed by atoms with E-state index in [-0.39, 0.29) is 12.0 Å². The molecular formula is C20H20N2O4. The average molecular weight is 352 g/mol. The van der Waals surface area contributed by atoms with Crippen LogP contribution in [0.5, 0.6) is 11.5 Å². The zero-order valence-corrected chi connectivity index (χ0v) is 14.5. The Hall–Kier alpha value is -2.99. The van der Waals surface area contributed by atoms with Crippen LogP contribution in [0.2, 0.25) is 0 Å². The van der Waals surface area contributed by atoms with Gasteiger partial charge in [0.05, 0.1) is 7.11 Å². The van der Waals surface area contributed by atoms with E-state index in [1.807, 2.05) is 36.4 Å². The summed E-state index contributed by atoms with van der Waals surface area (Å²) in [7, 11) is 1.43. The van der Waals surface area contributed by atoms with Gasteiger partial charge in [-0.05, 0) is 23.8 Å². The number of methoxy groups -OCH3 is 1. The van der Waals surface area contributed by atoms with Gasteiger partial charge in [-0.3, -0.25) is 10.1 Å². The highest BCUT2D eigenvalue weighted by Crippen LogP contribution is 2.30. The lowest BCUT2D eigenvalue weighted by molar-refractivity contribution is -0.143. The molecule has 6 heteroatoms. The molecule has 3 heterocycles. The van der Waals surface area contributed by atoms with Crippen molar-refractivity contribution in [3.63, 3.8) is 0 Å². The lowest BCUT2D eigenvalue weighted by Crippen LogP contribution is -2.42. The van der Waals surface area contributed by atoms with E-state index in [4.69, 9.17) is 14.2 Å². The molecule has 0 fully saturated rings. The Morgan fingerprint density at radius 2 is 1.77 bits per heavy atom. The summed E-state index contributed by atoms with van der Waals surface area (Å²) in [4.78, 5) is 14.9. The molecule has 6 nitrogen and oxygen atoms in total. The van der Waals surface area contributed by atoms with Crippen LogP contribution in [0.25, 0.3) is 10.9 Å². The van der Waals surface area contributed by atoms with Crippen LogP contribution >= 0.6 is 0 Å². The maximum atomic E-state index is 11.5. The topological polar surface area (TPSA) is 72.6 Å². The summed E-state index contributed by atoms with van der Waals surface area (Å²) in [6.07, 6.45) is 0.687. The van der Waals surface area contributed by atoms with E-state index in [0.717, 1.165) is 17.0 Å². The van der Waals surface area contributed by atoms with Gasteiger partial charge < -0.3 is 19.2 Å². The number of fused-ring (bicyclic) bond motifs is 4. The first-order valence-corrected chi connectivity index (χ1v) is 8.50. The fraction of sp³-hybridized carbons (Fsp3) is 0.250. The second-order valence-electron chi connectivity index (χ2n) is 6.14. The van der Waals surface area contributed by atoms with Crippen molar-refractivity contribution in [1.82, 2.24) is 10.3 Å². The first-order chi connectivity index (χ1) is 12.8. The molecule has 0 aliphatic carbocycles. The predicted octanol–water partition coefficient (Wildman–Crippen LogP) is 2.77. The summed E-state index contributed by atoms with van der Waals surface area (Å²) in [5.74, 6) is 1.50. The maximum absolute atomic E-state index is 11.5. The Kier molecular flexibility index (Phi) is 4.50. The van der Waals surface area contributed by atoms with Crippen LogP contribution in [0.3, 0.4) is 0 Å². The van der Waals surface area contributed by atoms with Gasteiger partial charge in [0.15, 0.2) is 11.5 Å². The van der Waals surface area contributed by atoms with Crippen LogP contribution in [-0.4, -0.2) is 30.9 Å². The van der Waals surface area contributed by atoms with E-state index in [1.54, 1.807) is 0 Å². The highest BCUT2D eigenvalue weighted by atomic mass is 16.7. The monoisotopic (exact) mass is 352 g/mol. The third kappa shape index (κ3) is 3.11. The van der Waals surface area contributed by atoms with Gasteiger partial charge in [0.25, 0.3) is 0 Å². The third-order valence-electron chi connectivity index (χ3n) is 4.60. The van der Waals surface area contributed by atoms with Crippen molar-refractivity contribution in [3.8, 4) is 11.5 Å². The molecule has 1 aromatic heterocycles. The largest absolute Gasteiger partial charge is 0.468 e. The molecular weight excluding hydrogens is 332 g/mol. The zero-order chi connectivity index (χ0) is 17.9. The molecule has 0 radical (unpaired) electrons. The van der Waals surface area contributed by atoms with Crippen molar-refractivity contribution in [2.75, 3.05) is 13.9 Å². The van der Waals surface area contributed by atoms with Crippen molar-refractivity contribution >= 4 is 16.9 Å². The number of ether oxygens (including phenoxy) is 3. The summed E-state index contributed by atoms with van der Waals surface area (Å²) < 4.78 is 14.9. The average Bonchev–Trinajstić information content (AvgIpc) is 3.31. The van der Waals surface area contributed by atoms with Crippen molar-refractivity contribution < 1.29 is 19.0 Å². The number of carbonyl (C=O) groups is 1. The smallest absolute Gasteiger partial charge is 0.323 e. The number of hydrogen-bond acceptors (Lipinski definition) is 5. The molecule has 134 valence electrons. The van der Waals surface area contributed by atoms with Crippen molar-refractivity contribution in [2.24, 2.45) is 0 Å². The molecule has 0 amide bonds. The number of hydrogen-bond donors (Lipinski definition) is 2. The molecule has 0 saturated carbocycles. The minimum atomic E-state index is -0.230.